The Balaban J connectivity index is 2.60. The molecule has 0 bridgehead atoms. The maximum Gasteiger partial charge on any atom is 0.294 e. The predicted octanol–water partition coefficient (Wildman–Crippen LogP) is 3.67. The number of allylic oxidation sites excluding steroid dienone is 3. The van der Waals surface area contributed by atoms with E-state index in [0.717, 1.165) is 5.69 Å². The van der Waals surface area contributed by atoms with E-state index in [1.165, 1.54) is 10.5 Å². The molecule has 0 spiro atoms. The molecule has 0 saturated heterocycles. The van der Waals surface area contributed by atoms with Crippen LogP contribution in [0.25, 0.3) is 0 Å². The second-order valence-electron chi connectivity index (χ2n) is 4.63. The minimum atomic E-state index is -0.784. The summed E-state index contributed by atoms with van der Waals surface area (Å²) < 4.78 is 5.69. The van der Waals surface area contributed by atoms with Crippen LogP contribution in [0, 0.1) is 17.0 Å². The fraction of sp³-hybridized carbons (Fsp3) is 0.533. The van der Waals surface area contributed by atoms with Gasteiger partial charge in [-0.05, 0) is 32.8 Å². The predicted molar refractivity (Wildman–Crippen MR) is 86.5 cm³/mol. The highest BCUT2D eigenvalue weighted by Crippen LogP contribution is 2.31. The number of aryl methyl sites for hydroxylation is 1. The Morgan fingerprint density at radius 3 is 2.82 bits per heavy atom. The number of nitrogens with zero attached hydrogens (tertiary/aromatic N) is 2. The summed E-state index contributed by atoms with van der Waals surface area (Å²) in [5, 5.41) is 9.27. The molecule has 1 unspecified atom stereocenters. The summed E-state index contributed by atoms with van der Waals surface area (Å²) >= 11 is 1.62. The Kier molecular flexibility index (Phi) is 8.39. The zero-order chi connectivity index (χ0) is 16.4. The molecule has 1 aromatic heterocycles. The highest BCUT2D eigenvalue weighted by atomic mass is 32.1. The van der Waals surface area contributed by atoms with Gasteiger partial charge in [0.2, 0.25) is 0 Å². The first-order valence-corrected chi connectivity index (χ1v) is 8.02. The molecular weight excluding hydrogens is 304 g/mol. The first-order chi connectivity index (χ1) is 10.6. The molecule has 1 atom stereocenters. The Morgan fingerprint density at radius 1 is 1.50 bits per heavy atom. The van der Waals surface area contributed by atoms with Gasteiger partial charge in [0.05, 0.1) is 24.4 Å². The molecule has 0 aliphatic heterocycles. The normalized spacial score (nSPS) is 13.5. The van der Waals surface area contributed by atoms with Crippen molar-refractivity contribution in [1.29, 1.82) is 0 Å². The molecule has 0 fully saturated rings. The lowest BCUT2D eigenvalue weighted by molar-refractivity contribution is -0.757. The van der Waals surface area contributed by atoms with E-state index in [2.05, 4.69) is 22.0 Å². The van der Waals surface area contributed by atoms with E-state index >= 15 is 0 Å². The second kappa shape index (κ2) is 10.1. The molecule has 0 radical (unpaired) electrons. The second-order valence-corrected chi connectivity index (χ2v) is 5.51. The van der Waals surface area contributed by atoms with Gasteiger partial charge in [-0.15, -0.1) is 21.5 Å². The number of ether oxygens (including phenoxy) is 1. The fourth-order valence-corrected chi connectivity index (χ4v) is 2.99. The highest BCUT2D eigenvalue weighted by molar-refractivity contribution is 7.09. The SMILES string of the molecule is C/C=C\C(=C/C)C(COCCCO[N+](=O)[O-])c1scnc1C. The Morgan fingerprint density at radius 2 is 2.27 bits per heavy atom. The summed E-state index contributed by atoms with van der Waals surface area (Å²) in [5.74, 6) is 0.130. The van der Waals surface area contributed by atoms with Crippen LogP contribution in [0.15, 0.2) is 29.3 Å². The van der Waals surface area contributed by atoms with Crippen LogP contribution >= 0.6 is 11.3 Å². The molecule has 1 rings (SSSR count). The molecule has 0 saturated carbocycles. The van der Waals surface area contributed by atoms with E-state index in [1.807, 2.05) is 32.4 Å². The van der Waals surface area contributed by atoms with Crippen molar-refractivity contribution in [3.63, 3.8) is 0 Å². The van der Waals surface area contributed by atoms with Crippen LogP contribution in [0.4, 0.5) is 0 Å². The summed E-state index contributed by atoms with van der Waals surface area (Å²) in [6, 6.07) is 0. The van der Waals surface area contributed by atoms with Crippen molar-refractivity contribution in [3.8, 4) is 0 Å². The number of hydrogen-bond acceptors (Lipinski definition) is 6. The van der Waals surface area contributed by atoms with Gasteiger partial charge in [0, 0.05) is 17.4 Å². The molecule has 0 aliphatic carbocycles. The smallest absolute Gasteiger partial charge is 0.294 e. The molecule has 122 valence electrons. The van der Waals surface area contributed by atoms with Gasteiger partial charge in [-0.1, -0.05) is 18.2 Å². The number of rotatable bonds is 10. The van der Waals surface area contributed by atoms with Gasteiger partial charge < -0.3 is 9.57 Å². The van der Waals surface area contributed by atoms with Gasteiger partial charge in [0.1, 0.15) is 0 Å². The third-order valence-electron chi connectivity index (χ3n) is 3.11. The van der Waals surface area contributed by atoms with E-state index in [9.17, 15) is 10.1 Å². The Labute approximate surface area is 134 Å². The van der Waals surface area contributed by atoms with Gasteiger partial charge in [0.15, 0.2) is 0 Å². The van der Waals surface area contributed by atoms with Gasteiger partial charge in [0.25, 0.3) is 5.09 Å². The summed E-state index contributed by atoms with van der Waals surface area (Å²) in [7, 11) is 0. The standard InChI is InChI=1S/C15H22N2O4S/c1-4-7-13(5-2)14(15-12(3)16-11-22-15)10-20-8-6-9-21-17(18)19/h4-5,7,11,14H,6,8-10H2,1-3H3/b7-4-,13-5+. The van der Waals surface area contributed by atoms with Crippen LogP contribution in [-0.2, 0) is 9.57 Å². The summed E-state index contributed by atoms with van der Waals surface area (Å²) in [6.45, 7) is 6.98. The zero-order valence-corrected chi connectivity index (χ0v) is 14.0. The van der Waals surface area contributed by atoms with Crippen LogP contribution in [0.2, 0.25) is 0 Å². The number of thiazole rings is 1. The van der Waals surface area contributed by atoms with Crippen LogP contribution in [0.3, 0.4) is 0 Å². The maximum atomic E-state index is 10.1. The third kappa shape index (κ3) is 5.95. The molecule has 6 nitrogen and oxygen atoms in total. The van der Waals surface area contributed by atoms with E-state index < -0.39 is 5.09 Å². The fourth-order valence-electron chi connectivity index (χ4n) is 2.08. The van der Waals surface area contributed by atoms with Crippen LogP contribution in [0.5, 0.6) is 0 Å². The van der Waals surface area contributed by atoms with Crippen LogP contribution in [0.1, 0.15) is 36.8 Å². The Bertz CT molecular complexity index is 525. The molecule has 0 N–H and O–H groups in total. The molecule has 22 heavy (non-hydrogen) atoms. The highest BCUT2D eigenvalue weighted by Gasteiger charge is 2.19. The van der Waals surface area contributed by atoms with Crippen molar-refractivity contribution < 1.29 is 14.7 Å². The first kappa shape index (κ1) is 18.3. The van der Waals surface area contributed by atoms with E-state index in [4.69, 9.17) is 4.74 Å². The van der Waals surface area contributed by atoms with Gasteiger partial charge in [-0.25, -0.2) is 4.98 Å². The van der Waals surface area contributed by atoms with Crippen molar-refractivity contribution in [2.75, 3.05) is 19.8 Å². The lowest BCUT2D eigenvalue weighted by atomic mass is 9.96. The summed E-state index contributed by atoms with van der Waals surface area (Å²) in [6.07, 6.45) is 6.64. The molecule has 1 heterocycles. The Hall–Kier alpha value is -1.73. The molecule has 7 heteroatoms. The van der Waals surface area contributed by atoms with Crippen molar-refractivity contribution in [2.24, 2.45) is 0 Å². The largest absolute Gasteiger partial charge is 0.380 e. The zero-order valence-electron chi connectivity index (χ0n) is 13.2. The average Bonchev–Trinajstić information content (AvgIpc) is 2.90. The van der Waals surface area contributed by atoms with Crippen molar-refractivity contribution in [1.82, 2.24) is 4.98 Å². The van der Waals surface area contributed by atoms with Crippen molar-refractivity contribution in [3.05, 3.63) is 50.0 Å². The maximum absolute atomic E-state index is 10.1. The lowest BCUT2D eigenvalue weighted by Crippen LogP contribution is -2.12. The minimum absolute atomic E-state index is 0.0581. The summed E-state index contributed by atoms with van der Waals surface area (Å²) in [5.41, 5.74) is 4.03. The van der Waals surface area contributed by atoms with Gasteiger partial charge in [-0.3, -0.25) is 0 Å². The topological polar surface area (TPSA) is 74.5 Å². The minimum Gasteiger partial charge on any atom is -0.380 e. The van der Waals surface area contributed by atoms with Crippen LogP contribution < -0.4 is 0 Å². The van der Waals surface area contributed by atoms with Gasteiger partial charge >= 0.3 is 0 Å². The lowest BCUT2D eigenvalue weighted by Gasteiger charge is -2.18. The van der Waals surface area contributed by atoms with E-state index in [0.29, 0.717) is 19.6 Å². The van der Waals surface area contributed by atoms with E-state index in [1.54, 1.807) is 11.3 Å². The van der Waals surface area contributed by atoms with Crippen molar-refractivity contribution in [2.45, 2.75) is 33.1 Å². The molecule has 0 aromatic carbocycles. The molecule has 0 aliphatic rings. The third-order valence-corrected chi connectivity index (χ3v) is 4.15. The molecular formula is C15H22N2O4S. The first-order valence-electron chi connectivity index (χ1n) is 7.14. The summed E-state index contributed by atoms with van der Waals surface area (Å²) in [4.78, 5) is 19.8. The monoisotopic (exact) mass is 326 g/mol. The van der Waals surface area contributed by atoms with Crippen molar-refractivity contribution >= 4 is 11.3 Å². The van der Waals surface area contributed by atoms with Gasteiger partial charge in [-0.2, -0.15) is 0 Å². The van der Waals surface area contributed by atoms with E-state index in [-0.39, 0.29) is 12.5 Å². The number of aromatic nitrogens is 1. The average molecular weight is 326 g/mol. The number of hydrogen-bond donors (Lipinski definition) is 0. The van der Waals surface area contributed by atoms with Crippen LogP contribution in [-0.4, -0.2) is 29.9 Å². The molecule has 0 amide bonds. The quantitative estimate of drug-likeness (QED) is 0.284. The molecule has 1 aromatic rings.